The summed E-state index contributed by atoms with van der Waals surface area (Å²) >= 11 is 0. The van der Waals surface area contributed by atoms with E-state index in [1.165, 1.54) is 11.3 Å². The molecule has 1 unspecified atom stereocenters. The highest BCUT2D eigenvalue weighted by atomic mass is 16.4. The lowest BCUT2D eigenvalue weighted by molar-refractivity contribution is -0.136. The fraction of sp³-hybridized carbons (Fsp3) is 0.765. The molecule has 2 aliphatic heterocycles. The maximum Gasteiger partial charge on any atom is 0.317 e. The summed E-state index contributed by atoms with van der Waals surface area (Å²) in [5.74, 6) is 0.702. The van der Waals surface area contributed by atoms with Gasteiger partial charge >= 0.3 is 5.97 Å². The minimum absolute atomic E-state index is 0.0142. The highest BCUT2D eigenvalue weighted by Gasteiger charge is 2.40. The van der Waals surface area contributed by atoms with E-state index in [4.69, 9.17) is 10.1 Å². The second kappa shape index (κ2) is 6.03. The zero-order chi connectivity index (χ0) is 16.7. The van der Waals surface area contributed by atoms with Crippen molar-refractivity contribution in [3.8, 4) is 0 Å². The third kappa shape index (κ3) is 3.35. The molecule has 0 radical (unpaired) electrons. The predicted molar refractivity (Wildman–Crippen MR) is 89.0 cm³/mol. The Balaban J connectivity index is 2.33. The third-order valence-electron chi connectivity index (χ3n) is 4.37. The van der Waals surface area contributed by atoms with Crippen molar-refractivity contribution in [1.29, 1.82) is 0 Å². The summed E-state index contributed by atoms with van der Waals surface area (Å²) in [6.07, 6.45) is 0.885. The number of rotatable bonds is 4. The molecule has 5 heteroatoms. The number of aliphatic carboxylic acids is 1. The van der Waals surface area contributed by atoms with Crippen LogP contribution < -0.4 is 5.32 Å². The number of amidine groups is 1. The summed E-state index contributed by atoms with van der Waals surface area (Å²) in [6.45, 7) is 14.0. The van der Waals surface area contributed by atoms with Crippen molar-refractivity contribution >= 4 is 11.8 Å². The second-order valence-electron chi connectivity index (χ2n) is 7.71. The van der Waals surface area contributed by atoms with Crippen molar-refractivity contribution in [3.63, 3.8) is 0 Å². The summed E-state index contributed by atoms with van der Waals surface area (Å²) in [6, 6.07) is 0.375. The Kier molecular flexibility index (Phi) is 4.66. The van der Waals surface area contributed by atoms with Crippen LogP contribution in [0.1, 0.15) is 48.0 Å². The van der Waals surface area contributed by atoms with Crippen LogP contribution in [-0.2, 0) is 4.79 Å². The highest BCUT2D eigenvalue weighted by molar-refractivity contribution is 5.88. The van der Waals surface area contributed by atoms with Gasteiger partial charge in [0.25, 0.3) is 0 Å². The average molecular weight is 307 g/mol. The molecule has 0 aromatic carbocycles. The van der Waals surface area contributed by atoms with Crippen molar-refractivity contribution in [2.45, 2.75) is 60.0 Å². The summed E-state index contributed by atoms with van der Waals surface area (Å²) in [5, 5.41) is 12.0. The normalized spacial score (nSPS) is 25.6. The van der Waals surface area contributed by atoms with Gasteiger partial charge in [0.15, 0.2) is 0 Å². The van der Waals surface area contributed by atoms with E-state index in [1.807, 2.05) is 0 Å². The largest absolute Gasteiger partial charge is 0.480 e. The molecule has 0 aromatic rings. The predicted octanol–water partition coefficient (Wildman–Crippen LogP) is 2.49. The number of fused-ring (bicyclic) bond motifs is 1. The molecule has 5 nitrogen and oxygen atoms in total. The van der Waals surface area contributed by atoms with E-state index >= 15 is 0 Å². The molecule has 2 atom stereocenters. The van der Waals surface area contributed by atoms with E-state index in [2.05, 4.69) is 51.8 Å². The van der Waals surface area contributed by atoms with Gasteiger partial charge in [-0.1, -0.05) is 34.6 Å². The van der Waals surface area contributed by atoms with E-state index in [-0.39, 0.29) is 24.0 Å². The van der Waals surface area contributed by atoms with Gasteiger partial charge in [-0.2, -0.15) is 0 Å². The number of hydrogen-bond acceptors (Lipinski definition) is 4. The zero-order valence-corrected chi connectivity index (χ0v) is 14.6. The van der Waals surface area contributed by atoms with Crippen molar-refractivity contribution in [2.24, 2.45) is 16.3 Å². The zero-order valence-electron chi connectivity index (χ0n) is 14.6. The van der Waals surface area contributed by atoms with Crippen LogP contribution in [0, 0.1) is 11.3 Å². The van der Waals surface area contributed by atoms with Crippen LogP contribution in [0.25, 0.3) is 0 Å². The molecule has 0 aromatic heterocycles. The first-order chi connectivity index (χ1) is 10.1. The SMILES string of the molecule is CC(C)C1=N[C@@H](C)C(C(C)(C)C)=C2CC(NCC(=O)O)CN12. The van der Waals surface area contributed by atoms with Crippen molar-refractivity contribution in [1.82, 2.24) is 10.2 Å². The van der Waals surface area contributed by atoms with Gasteiger partial charge in [-0.05, 0) is 17.9 Å². The Morgan fingerprint density at radius 1 is 1.45 bits per heavy atom. The molecule has 0 saturated carbocycles. The van der Waals surface area contributed by atoms with Gasteiger partial charge in [-0.25, -0.2) is 0 Å². The van der Waals surface area contributed by atoms with Gasteiger partial charge in [-0.3, -0.25) is 9.79 Å². The summed E-state index contributed by atoms with van der Waals surface area (Å²) < 4.78 is 0. The molecule has 22 heavy (non-hydrogen) atoms. The molecule has 0 amide bonds. The molecule has 0 bridgehead atoms. The first-order valence-corrected chi connectivity index (χ1v) is 8.15. The van der Waals surface area contributed by atoms with Crippen LogP contribution >= 0.6 is 0 Å². The van der Waals surface area contributed by atoms with Crippen LogP contribution in [0.5, 0.6) is 0 Å². The molecule has 2 rings (SSSR count). The molecule has 0 spiro atoms. The van der Waals surface area contributed by atoms with Crippen LogP contribution in [-0.4, -0.2) is 47.0 Å². The standard InChI is InChI=1S/C17H29N3O2/c1-10(2)16-19-11(3)15(17(4,5)6)13-7-12(9-20(13)16)18-8-14(21)22/h10-12,18H,7-9H2,1-6H3,(H,21,22)/t11-,12?/m0/s1. The Morgan fingerprint density at radius 2 is 2.09 bits per heavy atom. The summed E-state index contributed by atoms with van der Waals surface area (Å²) in [4.78, 5) is 18.1. The number of nitrogens with zero attached hydrogens (tertiary/aromatic N) is 2. The topological polar surface area (TPSA) is 64.9 Å². The molecule has 1 saturated heterocycles. The molecule has 2 heterocycles. The van der Waals surface area contributed by atoms with Crippen LogP contribution in [0.4, 0.5) is 0 Å². The van der Waals surface area contributed by atoms with Gasteiger partial charge in [0.1, 0.15) is 5.84 Å². The molecule has 2 N–H and O–H groups in total. The lowest BCUT2D eigenvalue weighted by atomic mass is 9.79. The van der Waals surface area contributed by atoms with E-state index < -0.39 is 5.97 Å². The molecule has 124 valence electrons. The number of carboxylic acids is 1. The minimum atomic E-state index is -0.805. The molecule has 2 aliphatic rings. The number of nitrogens with one attached hydrogen (secondary N) is 1. The first-order valence-electron chi connectivity index (χ1n) is 8.15. The smallest absolute Gasteiger partial charge is 0.317 e. The Bertz CT molecular complexity index is 514. The Labute approximate surface area is 133 Å². The summed E-state index contributed by atoms with van der Waals surface area (Å²) in [7, 11) is 0. The van der Waals surface area contributed by atoms with Crippen molar-refractivity contribution < 1.29 is 9.90 Å². The van der Waals surface area contributed by atoms with Crippen LogP contribution in [0.15, 0.2) is 16.3 Å². The monoisotopic (exact) mass is 307 g/mol. The number of hydrogen-bond donors (Lipinski definition) is 2. The lowest BCUT2D eigenvalue weighted by Gasteiger charge is -2.38. The fourth-order valence-corrected chi connectivity index (χ4v) is 3.69. The number of aliphatic imine (C=N–C) groups is 1. The number of carboxylic acid groups (broad SMARTS) is 1. The van der Waals surface area contributed by atoms with Crippen LogP contribution in [0.3, 0.4) is 0 Å². The van der Waals surface area contributed by atoms with Gasteiger partial charge in [-0.15, -0.1) is 0 Å². The molecular weight excluding hydrogens is 278 g/mol. The van der Waals surface area contributed by atoms with Gasteiger partial charge in [0.05, 0.1) is 12.6 Å². The maximum atomic E-state index is 10.8. The molecule has 1 fully saturated rings. The Hall–Kier alpha value is -1.36. The Morgan fingerprint density at radius 3 is 2.59 bits per heavy atom. The van der Waals surface area contributed by atoms with Crippen molar-refractivity contribution in [2.75, 3.05) is 13.1 Å². The summed E-state index contributed by atoms with van der Waals surface area (Å²) in [5.41, 5.74) is 2.80. The van der Waals surface area contributed by atoms with Crippen LogP contribution in [0.2, 0.25) is 0 Å². The molecular formula is C17H29N3O2. The first kappa shape index (κ1) is 17.0. The van der Waals surface area contributed by atoms with Gasteiger partial charge in [0.2, 0.25) is 0 Å². The molecule has 0 aliphatic carbocycles. The second-order valence-corrected chi connectivity index (χ2v) is 7.71. The van der Waals surface area contributed by atoms with E-state index in [9.17, 15) is 4.79 Å². The van der Waals surface area contributed by atoms with E-state index in [0.29, 0.717) is 5.92 Å². The van der Waals surface area contributed by atoms with Gasteiger partial charge in [0, 0.05) is 30.6 Å². The average Bonchev–Trinajstić information content (AvgIpc) is 2.76. The van der Waals surface area contributed by atoms with Crippen molar-refractivity contribution in [3.05, 3.63) is 11.3 Å². The third-order valence-corrected chi connectivity index (χ3v) is 4.37. The lowest BCUT2D eigenvalue weighted by Crippen LogP contribution is -2.41. The fourth-order valence-electron chi connectivity index (χ4n) is 3.69. The van der Waals surface area contributed by atoms with E-state index in [1.54, 1.807) is 0 Å². The van der Waals surface area contributed by atoms with Gasteiger partial charge < -0.3 is 15.3 Å². The number of carbonyl (C=O) groups is 1. The highest BCUT2D eigenvalue weighted by Crippen LogP contribution is 2.41. The maximum absolute atomic E-state index is 10.8. The minimum Gasteiger partial charge on any atom is -0.480 e. The van der Waals surface area contributed by atoms with E-state index in [0.717, 1.165) is 18.8 Å². The quantitative estimate of drug-likeness (QED) is 0.837.